The normalized spacial score (nSPS) is 19.0. The fourth-order valence-electron chi connectivity index (χ4n) is 3.26. The second kappa shape index (κ2) is 7.12. The van der Waals surface area contributed by atoms with Gasteiger partial charge < -0.3 is 5.11 Å². The van der Waals surface area contributed by atoms with Crippen LogP contribution in [0, 0.1) is 17.2 Å². The maximum absolute atomic E-state index is 12.6. The summed E-state index contributed by atoms with van der Waals surface area (Å²) in [5, 5.41) is 18.7. The highest BCUT2D eigenvalue weighted by Gasteiger charge is 2.44. The molecular formula is C18H23F3N2O. The van der Waals surface area contributed by atoms with Gasteiger partial charge >= 0.3 is 6.18 Å². The summed E-state index contributed by atoms with van der Waals surface area (Å²) in [5.41, 5.74) is 1.37. The maximum Gasteiger partial charge on any atom is 0.414 e. The fourth-order valence-corrected chi connectivity index (χ4v) is 3.26. The van der Waals surface area contributed by atoms with Gasteiger partial charge in [-0.3, -0.25) is 4.90 Å². The van der Waals surface area contributed by atoms with Crippen LogP contribution in [0.3, 0.4) is 0 Å². The Morgan fingerprint density at radius 2 is 1.83 bits per heavy atom. The molecular weight excluding hydrogens is 317 g/mol. The molecule has 3 nitrogen and oxygen atoms in total. The second-order valence-corrected chi connectivity index (χ2v) is 6.99. The van der Waals surface area contributed by atoms with E-state index < -0.39 is 23.6 Å². The number of benzene rings is 1. The number of aliphatic hydroxyl groups is 1. The van der Waals surface area contributed by atoms with Crippen molar-refractivity contribution in [2.24, 2.45) is 5.92 Å². The lowest BCUT2D eigenvalue weighted by atomic mass is 9.83. The highest BCUT2D eigenvalue weighted by Crippen LogP contribution is 2.33. The minimum atomic E-state index is -4.55. The molecule has 0 radical (unpaired) electrons. The zero-order chi connectivity index (χ0) is 18.0. The van der Waals surface area contributed by atoms with Gasteiger partial charge in [0.1, 0.15) is 0 Å². The van der Waals surface area contributed by atoms with Gasteiger partial charge in [-0.2, -0.15) is 18.4 Å². The molecule has 1 unspecified atom stereocenters. The van der Waals surface area contributed by atoms with Crippen molar-refractivity contribution < 1.29 is 18.3 Å². The van der Waals surface area contributed by atoms with Gasteiger partial charge in [0.2, 0.25) is 0 Å². The lowest BCUT2D eigenvalue weighted by molar-refractivity contribution is -0.223. The first-order valence-electron chi connectivity index (χ1n) is 8.12. The molecule has 2 rings (SSSR count). The number of nitrogens with zero attached hydrogens (tertiary/aromatic N) is 2. The van der Waals surface area contributed by atoms with E-state index in [2.05, 4.69) is 11.0 Å². The van der Waals surface area contributed by atoms with Crippen molar-refractivity contribution in [1.82, 2.24) is 4.90 Å². The number of nitriles is 1. The van der Waals surface area contributed by atoms with Crippen LogP contribution in [0.25, 0.3) is 0 Å². The van der Waals surface area contributed by atoms with E-state index in [-0.39, 0.29) is 0 Å². The summed E-state index contributed by atoms with van der Waals surface area (Å²) in [5.74, 6) is -0.730. The zero-order valence-electron chi connectivity index (χ0n) is 14.0. The van der Waals surface area contributed by atoms with Crippen LogP contribution in [0.15, 0.2) is 24.3 Å². The number of halogens is 3. The first-order valence-corrected chi connectivity index (χ1v) is 8.12. The lowest BCUT2D eigenvalue weighted by Gasteiger charge is -2.35. The van der Waals surface area contributed by atoms with Gasteiger partial charge in [0.15, 0.2) is 6.10 Å². The van der Waals surface area contributed by atoms with Gasteiger partial charge in [0, 0.05) is 6.54 Å². The minimum absolute atomic E-state index is 0.324. The van der Waals surface area contributed by atoms with Gasteiger partial charge in [0.25, 0.3) is 0 Å². The van der Waals surface area contributed by atoms with E-state index in [1.165, 1.54) is 0 Å². The lowest BCUT2D eigenvalue weighted by Crippen LogP contribution is -2.43. The topological polar surface area (TPSA) is 47.3 Å². The summed E-state index contributed by atoms with van der Waals surface area (Å²) in [6, 6.07) is 9.99. The Labute approximate surface area is 140 Å². The average Bonchev–Trinajstić information content (AvgIpc) is 2.54. The molecule has 0 amide bonds. The third-order valence-electron chi connectivity index (χ3n) is 4.78. The SMILES string of the molecule is CC(C)(C#N)c1ccccc1CN1CCC(C(O)C(F)(F)F)CC1. The Hall–Kier alpha value is -1.58. The van der Waals surface area contributed by atoms with E-state index in [1.807, 2.05) is 38.1 Å². The second-order valence-electron chi connectivity index (χ2n) is 6.99. The highest BCUT2D eigenvalue weighted by molar-refractivity contribution is 5.37. The van der Waals surface area contributed by atoms with Crippen molar-refractivity contribution >= 4 is 0 Å². The summed E-state index contributed by atoms with van der Waals surface area (Å²) < 4.78 is 37.8. The zero-order valence-corrected chi connectivity index (χ0v) is 14.0. The molecule has 1 fully saturated rings. The van der Waals surface area contributed by atoms with Crippen LogP contribution >= 0.6 is 0 Å². The van der Waals surface area contributed by atoms with Crippen LogP contribution in [-0.2, 0) is 12.0 Å². The number of alkyl halides is 3. The van der Waals surface area contributed by atoms with Crippen LogP contribution in [0.4, 0.5) is 13.2 Å². The van der Waals surface area contributed by atoms with Crippen LogP contribution < -0.4 is 0 Å². The van der Waals surface area contributed by atoms with Crippen LogP contribution in [0.1, 0.15) is 37.8 Å². The summed E-state index contributed by atoms with van der Waals surface area (Å²) in [6.45, 7) is 5.35. The van der Waals surface area contributed by atoms with Gasteiger partial charge in [-0.25, -0.2) is 0 Å². The smallest absolute Gasteiger partial charge is 0.383 e. The molecule has 24 heavy (non-hydrogen) atoms. The van der Waals surface area contributed by atoms with Gasteiger partial charge in [-0.1, -0.05) is 24.3 Å². The molecule has 1 heterocycles. The Bertz CT molecular complexity index is 599. The minimum Gasteiger partial charge on any atom is -0.383 e. The summed E-state index contributed by atoms with van der Waals surface area (Å²) >= 11 is 0. The monoisotopic (exact) mass is 340 g/mol. The predicted octanol–water partition coefficient (Wildman–Crippen LogP) is 3.62. The number of aliphatic hydroxyl groups excluding tert-OH is 1. The molecule has 6 heteroatoms. The number of rotatable bonds is 4. The summed E-state index contributed by atoms with van der Waals surface area (Å²) in [6.07, 6.45) is -6.13. The molecule has 1 aliphatic rings. The fraction of sp³-hybridized carbons (Fsp3) is 0.611. The Balaban J connectivity index is 2.02. The molecule has 1 aliphatic heterocycles. The molecule has 0 bridgehead atoms. The van der Waals surface area contributed by atoms with Gasteiger partial charge in [-0.15, -0.1) is 0 Å². The number of likely N-dealkylation sites (tertiary alicyclic amines) is 1. The molecule has 0 spiro atoms. The summed E-state index contributed by atoms with van der Waals surface area (Å²) in [4.78, 5) is 2.09. The molecule has 132 valence electrons. The summed E-state index contributed by atoms with van der Waals surface area (Å²) in [7, 11) is 0. The molecule has 1 aromatic rings. The molecule has 1 atom stereocenters. The van der Waals surface area contributed by atoms with E-state index >= 15 is 0 Å². The molecule has 0 aromatic heterocycles. The van der Waals surface area contributed by atoms with E-state index in [1.54, 1.807) is 0 Å². The average molecular weight is 340 g/mol. The Kier molecular flexibility index (Phi) is 5.56. The van der Waals surface area contributed by atoms with Crippen LogP contribution in [0.5, 0.6) is 0 Å². The van der Waals surface area contributed by atoms with Crippen molar-refractivity contribution in [2.75, 3.05) is 13.1 Å². The Morgan fingerprint density at radius 1 is 1.25 bits per heavy atom. The first kappa shape index (κ1) is 18.8. The Morgan fingerprint density at radius 3 is 2.38 bits per heavy atom. The van der Waals surface area contributed by atoms with E-state index in [0.717, 1.165) is 11.1 Å². The molecule has 0 aliphatic carbocycles. The van der Waals surface area contributed by atoms with Crippen molar-refractivity contribution in [3.63, 3.8) is 0 Å². The number of piperidine rings is 1. The van der Waals surface area contributed by atoms with Crippen LogP contribution in [-0.4, -0.2) is 35.4 Å². The highest BCUT2D eigenvalue weighted by atomic mass is 19.4. The third kappa shape index (κ3) is 4.28. The maximum atomic E-state index is 12.6. The molecule has 0 saturated carbocycles. The van der Waals surface area contributed by atoms with Crippen molar-refractivity contribution in [1.29, 1.82) is 5.26 Å². The quantitative estimate of drug-likeness (QED) is 0.911. The van der Waals surface area contributed by atoms with Crippen molar-refractivity contribution in [3.8, 4) is 6.07 Å². The first-order chi connectivity index (χ1) is 11.1. The largest absolute Gasteiger partial charge is 0.414 e. The molecule has 1 N–H and O–H groups in total. The van der Waals surface area contributed by atoms with Crippen molar-refractivity contribution in [3.05, 3.63) is 35.4 Å². The van der Waals surface area contributed by atoms with Crippen molar-refractivity contribution in [2.45, 2.75) is 50.9 Å². The van der Waals surface area contributed by atoms with E-state index in [0.29, 0.717) is 32.5 Å². The third-order valence-corrected chi connectivity index (χ3v) is 4.78. The van der Waals surface area contributed by atoms with E-state index in [9.17, 15) is 23.5 Å². The van der Waals surface area contributed by atoms with E-state index in [4.69, 9.17) is 0 Å². The predicted molar refractivity (Wildman–Crippen MR) is 85.1 cm³/mol. The number of hydrogen-bond donors (Lipinski definition) is 1. The van der Waals surface area contributed by atoms with Crippen LogP contribution in [0.2, 0.25) is 0 Å². The number of hydrogen-bond acceptors (Lipinski definition) is 3. The van der Waals surface area contributed by atoms with Gasteiger partial charge in [0.05, 0.1) is 11.5 Å². The molecule has 1 saturated heterocycles. The molecule has 1 aromatic carbocycles. The standard InChI is InChI=1S/C18H23F3N2O/c1-17(2,12-22)15-6-4-3-5-14(15)11-23-9-7-13(8-10-23)16(24)18(19,20)21/h3-6,13,16,24H,7-11H2,1-2H3. The van der Waals surface area contributed by atoms with Gasteiger partial charge in [-0.05, 0) is 56.8 Å².